The summed E-state index contributed by atoms with van der Waals surface area (Å²) in [6, 6.07) is 8.57. The van der Waals surface area contributed by atoms with Crippen molar-refractivity contribution in [1.29, 1.82) is 0 Å². The van der Waals surface area contributed by atoms with Gasteiger partial charge in [0.2, 0.25) is 0 Å². The highest BCUT2D eigenvalue weighted by Crippen LogP contribution is 2.36. The highest BCUT2D eigenvalue weighted by Gasteiger charge is 2.51. The van der Waals surface area contributed by atoms with Crippen LogP contribution in [0.2, 0.25) is 6.82 Å². The lowest BCUT2D eigenvalue weighted by Crippen LogP contribution is -2.51. The van der Waals surface area contributed by atoms with Crippen LogP contribution in [0.25, 0.3) is 0 Å². The molecule has 0 unspecified atom stereocenters. The monoisotopic (exact) mass is 344 g/mol. The Hall–Kier alpha value is -0.850. The van der Waals surface area contributed by atoms with Gasteiger partial charge in [0.05, 0.1) is 11.2 Å². The van der Waals surface area contributed by atoms with E-state index in [0.29, 0.717) is 0 Å². The Morgan fingerprint density at radius 1 is 1.00 bits per heavy atom. The molecular weight excluding hydrogens is 314 g/mol. The summed E-state index contributed by atoms with van der Waals surface area (Å²) < 4.78 is 12.2. The summed E-state index contributed by atoms with van der Waals surface area (Å²) in [4.78, 5) is 4.54. The lowest BCUT2D eigenvalue weighted by molar-refractivity contribution is 0.00578. The van der Waals surface area contributed by atoms with Gasteiger partial charge >= 0.3 is 14.2 Å². The van der Waals surface area contributed by atoms with Crippen LogP contribution >= 0.6 is 0 Å². The van der Waals surface area contributed by atoms with Crippen molar-refractivity contribution in [3.63, 3.8) is 0 Å². The van der Waals surface area contributed by atoms with Gasteiger partial charge in [-0.2, -0.15) is 0 Å². The molecular formula is C18H30B2N2O3. The van der Waals surface area contributed by atoms with Gasteiger partial charge in [-0.1, -0.05) is 24.3 Å². The van der Waals surface area contributed by atoms with Gasteiger partial charge in [-0.05, 0) is 45.5 Å². The molecule has 0 atom stereocenters. The number of rotatable bonds is 4. The third-order valence-corrected chi connectivity index (χ3v) is 5.85. The highest BCUT2D eigenvalue weighted by molar-refractivity contribution is 6.62. The van der Waals surface area contributed by atoms with Crippen LogP contribution in [0.15, 0.2) is 24.3 Å². The highest BCUT2D eigenvalue weighted by atomic mass is 16.7. The predicted octanol–water partition coefficient (Wildman–Crippen LogP) is 1.21. The minimum absolute atomic E-state index is 0.298. The smallest absolute Gasteiger partial charge is 0.437 e. The molecule has 1 N–H and O–H groups in total. The molecule has 0 aromatic heterocycles. The van der Waals surface area contributed by atoms with Crippen LogP contribution in [-0.4, -0.2) is 66.3 Å². The Morgan fingerprint density at radius 2 is 1.52 bits per heavy atom. The van der Waals surface area contributed by atoms with Crippen molar-refractivity contribution in [3.05, 3.63) is 29.8 Å². The predicted molar refractivity (Wildman–Crippen MR) is 103 cm³/mol. The Bertz CT molecular complexity index is 568. The van der Waals surface area contributed by atoms with Crippen molar-refractivity contribution in [2.45, 2.75) is 52.3 Å². The molecule has 0 bridgehead atoms. The van der Waals surface area contributed by atoms with E-state index < -0.39 is 0 Å². The van der Waals surface area contributed by atoms with Crippen LogP contribution in [-0.2, 0) is 15.9 Å². The topological polar surface area (TPSA) is 45.2 Å². The van der Waals surface area contributed by atoms with Gasteiger partial charge in [-0.15, -0.1) is 0 Å². The summed E-state index contributed by atoms with van der Waals surface area (Å²) in [6.07, 6.45) is 0. The molecule has 1 aromatic rings. The molecule has 5 nitrogen and oxygen atoms in total. The van der Waals surface area contributed by atoms with E-state index in [2.05, 4.69) is 61.7 Å². The number of nitrogens with zero attached hydrogens (tertiary/aromatic N) is 2. The fourth-order valence-corrected chi connectivity index (χ4v) is 3.31. The Morgan fingerprint density at radius 3 is 2.00 bits per heavy atom. The van der Waals surface area contributed by atoms with Gasteiger partial charge in [0.15, 0.2) is 0 Å². The van der Waals surface area contributed by atoms with Crippen LogP contribution in [0.3, 0.4) is 0 Å². The van der Waals surface area contributed by atoms with E-state index in [-0.39, 0.29) is 25.4 Å². The SMILES string of the molecule is CB(O)N1CCN(Cc2ccc(B3OC(C)(C)C(C)(C)O3)cc2)CC1. The number of hydrogen-bond donors (Lipinski definition) is 1. The van der Waals surface area contributed by atoms with Gasteiger partial charge in [0, 0.05) is 32.7 Å². The van der Waals surface area contributed by atoms with E-state index >= 15 is 0 Å². The molecule has 136 valence electrons. The normalized spacial score (nSPS) is 23.8. The molecule has 0 radical (unpaired) electrons. The quantitative estimate of drug-likeness (QED) is 0.833. The average Bonchev–Trinajstić information content (AvgIpc) is 2.76. The minimum Gasteiger partial charge on any atom is -0.437 e. The van der Waals surface area contributed by atoms with Gasteiger partial charge < -0.3 is 19.1 Å². The second kappa shape index (κ2) is 7.05. The van der Waals surface area contributed by atoms with Crippen molar-refractivity contribution in [3.8, 4) is 0 Å². The van der Waals surface area contributed by atoms with E-state index in [0.717, 1.165) is 38.2 Å². The fourth-order valence-electron chi connectivity index (χ4n) is 3.31. The molecule has 1 aromatic carbocycles. The number of benzene rings is 1. The van der Waals surface area contributed by atoms with Gasteiger partial charge in [-0.3, -0.25) is 4.90 Å². The first kappa shape index (κ1) is 18.9. The maximum absolute atomic E-state index is 9.64. The molecule has 25 heavy (non-hydrogen) atoms. The maximum Gasteiger partial charge on any atom is 0.494 e. The third-order valence-electron chi connectivity index (χ3n) is 5.85. The maximum atomic E-state index is 9.64. The van der Waals surface area contributed by atoms with E-state index in [4.69, 9.17) is 9.31 Å². The zero-order valence-electron chi connectivity index (χ0n) is 16.2. The van der Waals surface area contributed by atoms with E-state index in [9.17, 15) is 5.02 Å². The summed E-state index contributed by atoms with van der Waals surface area (Å²) in [6.45, 7) is 14.9. The van der Waals surface area contributed by atoms with E-state index in [1.54, 1.807) is 0 Å². The van der Waals surface area contributed by atoms with Crippen LogP contribution in [0, 0.1) is 0 Å². The lowest BCUT2D eigenvalue weighted by atomic mass is 9.79. The lowest BCUT2D eigenvalue weighted by Gasteiger charge is -2.35. The minimum atomic E-state index is -0.346. The molecule has 0 saturated carbocycles. The fraction of sp³-hybridized carbons (Fsp3) is 0.667. The molecule has 0 amide bonds. The Labute approximate surface area is 152 Å². The van der Waals surface area contributed by atoms with Gasteiger partial charge in [0.1, 0.15) is 0 Å². The summed E-state index contributed by atoms with van der Waals surface area (Å²) >= 11 is 0. The van der Waals surface area contributed by atoms with Crippen molar-refractivity contribution < 1.29 is 14.3 Å². The summed E-state index contributed by atoms with van der Waals surface area (Å²) in [5.74, 6) is 0. The van der Waals surface area contributed by atoms with Crippen LogP contribution < -0.4 is 5.46 Å². The molecule has 3 rings (SSSR count). The molecule has 2 aliphatic heterocycles. The van der Waals surface area contributed by atoms with E-state index in [1.165, 1.54) is 5.56 Å². The Balaban J connectivity index is 1.57. The van der Waals surface area contributed by atoms with Gasteiger partial charge in [-0.25, -0.2) is 0 Å². The molecule has 0 spiro atoms. The molecule has 2 aliphatic rings. The van der Waals surface area contributed by atoms with E-state index in [1.807, 2.05) is 6.82 Å². The largest absolute Gasteiger partial charge is 0.494 e. The first-order valence-corrected chi connectivity index (χ1v) is 9.27. The van der Waals surface area contributed by atoms with Crippen LogP contribution in [0.4, 0.5) is 0 Å². The first-order chi connectivity index (χ1) is 11.7. The zero-order valence-corrected chi connectivity index (χ0v) is 16.2. The second-order valence-corrected chi connectivity index (χ2v) is 8.27. The summed E-state index contributed by atoms with van der Waals surface area (Å²) in [5.41, 5.74) is 1.76. The summed E-state index contributed by atoms with van der Waals surface area (Å²) in [7, 11) is -0.644. The van der Waals surface area contributed by atoms with Crippen molar-refractivity contribution in [2.75, 3.05) is 26.2 Å². The number of hydrogen-bond acceptors (Lipinski definition) is 5. The van der Waals surface area contributed by atoms with Crippen LogP contribution in [0.1, 0.15) is 33.3 Å². The average molecular weight is 344 g/mol. The Kier molecular flexibility index (Phi) is 5.33. The zero-order chi connectivity index (χ0) is 18.2. The van der Waals surface area contributed by atoms with Crippen molar-refractivity contribution in [2.24, 2.45) is 0 Å². The number of piperazine rings is 1. The summed E-state index contributed by atoms with van der Waals surface area (Å²) in [5, 5.41) is 9.64. The third kappa shape index (κ3) is 4.12. The van der Waals surface area contributed by atoms with Gasteiger partial charge in [0.25, 0.3) is 0 Å². The standard InChI is InChI=1S/C18H30B2N2O3/c1-17(2)18(3,4)25-20(24-17)16-8-6-15(7-9-16)14-21-10-12-22(13-11-21)19(5)23/h6-9,23H,10-14H2,1-5H3. The van der Waals surface area contributed by atoms with Crippen LogP contribution in [0.5, 0.6) is 0 Å². The molecule has 2 saturated heterocycles. The molecule has 0 aliphatic carbocycles. The molecule has 2 heterocycles. The second-order valence-electron chi connectivity index (χ2n) is 8.27. The first-order valence-electron chi connectivity index (χ1n) is 9.27. The van der Waals surface area contributed by atoms with Crippen molar-refractivity contribution >= 4 is 19.6 Å². The molecule has 2 fully saturated rings. The van der Waals surface area contributed by atoms with Crippen molar-refractivity contribution in [1.82, 2.24) is 9.71 Å². The molecule has 7 heteroatoms.